The van der Waals surface area contributed by atoms with Crippen LogP contribution in [-0.2, 0) is 0 Å². The van der Waals surface area contributed by atoms with Gasteiger partial charge in [-0.05, 0) is 48.9 Å². The van der Waals surface area contributed by atoms with E-state index in [-0.39, 0.29) is 18.7 Å². The predicted octanol–water partition coefficient (Wildman–Crippen LogP) is 0.863. The fourth-order valence-corrected chi connectivity index (χ4v) is 1.84. The molecule has 1 aromatic carbocycles. The van der Waals surface area contributed by atoms with Crippen LogP contribution in [0.3, 0.4) is 0 Å². The number of anilines is 1. The van der Waals surface area contributed by atoms with Gasteiger partial charge in [0.1, 0.15) is 0 Å². The SMILES string of the molecule is Cc1nnnn1-c1cccc(NC(=O)NC(C)CCO)c1. The van der Waals surface area contributed by atoms with Crippen LogP contribution in [0.1, 0.15) is 19.2 Å². The van der Waals surface area contributed by atoms with Gasteiger partial charge in [-0.15, -0.1) is 5.10 Å². The van der Waals surface area contributed by atoms with E-state index in [9.17, 15) is 4.79 Å². The maximum absolute atomic E-state index is 11.8. The number of carbonyl (C=O) groups excluding carboxylic acids is 1. The molecular weight excluding hydrogens is 272 g/mol. The summed E-state index contributed by atoms with van der Waals surface area (Å²) in [5.74, 6) is 0.660. The zero-order chi connectivity index (χ0) is 15.2. The molecule has 0 bridgehead atoms. The topological polar surface area (TPSA) is 105 Å². The summed E-state index contributed by atoms with van der Waals surface area (Å²) in [6.45, 7) is 3.66. The first-order valence-corrected chi connectivity index (χ1v) is 6.64. The number of carbonyl (C=O) groups is 1. The van der Waals surface area contributed by atoms with Crippen molar-refractivity contribution in [3.63, 3.8) is 0 Å². The molecule has 1 heterocycles. The Morgan fingerprint density at radius 1 is 1.48 bits per heavy atom. The quantitative estimate of drug-likeness (QED) is 0.757. The highest BCUT2D eigenvalue weighted by molar-refractivity contribution is 5.89. The van der Waals surface area contributed by atoms with E-state index in [1.807, 2.05) is 19.1 Å². The number of aryl methyl sites for hydroxylation is 1. The molecule has 0 aliphatic heterocycles. The summed E-state index contributed by atoms with van der Waals surface area (Å²) in [6, 6.07) is 6.80. The lowest BCUT2D eigenvalue weighted by atomic mass is 10.2. The van der Waals surface area contributed by atoms with Gasteiger partial charge >= 0.3 is 6.03 Å². The summed E-state index contributed by atoms with van der Waals surface area (Å²) in [5.41, 5.74) is 1.40. The monoisotopic (exact) mass is 290 g/mol. The largest absolute Gasteiger partial charge is 0.396 e. The molecule has 0 saturated heterocycles. The smallest absolute Gasteiger partial charge is 0.319 e. The Bertz CT molecular complexity index is 612. The molecular formula is C13H18N6O2. The molecule has 0 radical (unpaired) electrons. The number of nitrogens with zero attached hydrogens (tertiary/aromatic N) is 4. The van der Waals surface area contributed by atoms with E-state index >= 15 is 0 Å². The Labute approximate surface area is 122 Å². The fraction of sp³-hybridized carbons (Fsp3) is 0.385. The minimum absolute atomic E-state index is 0.0372. The summed E-state index contributed by atoms with van der Waals surface area (Å²) < 4.78 is 1.58. The molecule has 3 N–H and O–H groups in total. The highest BCUT2D eigenvalue weighted by atomic mass is 16.3. The number of amides is 2. The number of aliphatic hydroxyl groups excluding tert-OH is 1. The van der Waals surface area contributed by atoms with Gasteiger partial charge in [-0.1, -0.05) is 6.07 Å². The lowest BCUT2D eigenvalue weighted by molar-refractivity contribution is 0.241. The van der Waals surface area contributed by atoms with Gasteiger partial charge in [0.15, 0.2) is 5.82 Å². The Kier molecular flexibility index (Phi) is 4.83. The minimum Gasteiger partial charge on any atom is -0.396 e. The van der Waals surface area contributed by atoms with Crippen molar-refractivity contribution in [3.05, 3.63) is 30.1 Å². The zero-order valence-corrected chi connectivity index (χ0v) is 11.9. The van der Waals surface area contributed by atoms with E-state index in [0.29, 0.717) is 17.9 Å². The molecule has 1 atom stereocenters. The van der Waals surface area contributed by atoms with Crippen LogP contribution in [0.4, 0.5) is 10.5 Å². The maximum Gasteiger partial charge on any atom is 0.319 e. The van der Waals surface area contributed by atoms with Crippen LogP contribution in [0.2, 0.25) is 0 Å². The summed E-state index contributed by atoms with van der Waals surface area (Å²) in [7, 11) is 0. The Balaban J connectivity index is 2.05. The number of hydrogen-bond acceptors (Lipinski definition) is 5. The average Bonchev–Trinajstić information content (AvgIpc) is 2.85. The lowest BCUT2D eigenvalue weighted by Gasteiger charge is -2.13. The van der Waals surface area contributed by atoms with Crippen molar-refractivity contribution in [2.75, 3.05) is 11.9 Å². The van der Waals surface area contributed by atoms with E-state index in [2.05, 4.69) is 26.2 Å². The van der Waals surface area contributed by atoms with E-state index in [1.165, 1.54) is 0 Å². The van der Waals surface area contributed by atoms with Crippen molar-refractivity contribution in [1.82, 2.24) is 25.5 Å². The van der Waals surface area contributed by atoms with Crippen LogP contribution < -0.4 is 10.6 Å². The molecule has 21 heavy (non-hydrogen) atoms. The van der Waals surface area contributed by atoms with E-state index < -0.39 is 0 Å². The van der Waals surface area contributed by atoms with Gasteiger partial charge in [0.05, 0.1) is 5.69 Å². The Morgan fingerprint density at radius 2 is 2.29 bits per heavy atom. The van der Waals surface area contributed by atoms with Gasteiger partial charge in [0, 0.05) is 18.3 Å². The van der Waals surface area contributed by atoms with Crippen molar-refractivity contribution < 1.29 is 9.90 Å². The number of rotatable bonds is 5. The number of aromatic nitrogens is 4. The maximum atomic E-state index is 11.8. The van der Waals surface area contributed by atoms with Gasteiger partial charge in [0.2, 0.25) is 0 Å². The van der Waals surface area contributed by atoms with Crippen LogP contribution >= 0.6 is 0 Å². The summed E-state index contributed by atoms with van der Waals surface area (Å²) in [5, 5.41) is 25.6. The molecule has 0 fully saturated rings. The van der Waals surface area contributed by atoms with Crippen molar-refractivity contribution in [2.24, 2.45) is 0 Å². The molecule has 2 rings (SSSR count). The first-order valence-electron chi connectivity index (χ1n) is 6.64. The molecule has 0 aliphatic rings. The van der Waals surface area contributed by atoms with E-state index in [4.69, 9.17) is 5.11 Å². The molecule has 112 valence electrons. The molecule has 2 aromatic rings. The third kappa shape index (κ3) is 3.99. The van der Waals surface area contributed by atoms with Gasteiger partial charge < -0.3 is 15.7 Å². The molecule has 0 spiro atoms. The van der Waals surface area contributed by atoms with Crippen LogP contribution in [0, 0.1) is 6.92 Å². The number of tetrazole rings is 1. The van der Waals surface area contributed by atoms with E-state index in [1.54, 1.807) is 23.7 Å². The predicted molar refractivity (Wildman–Crippen MR) is 77.2 cm³/mol. The van der Waals surface area contributed by atoms with Crippen molar-refractivity contribution in [2.45, 2.75) is 26.3 Å². The van der Waals surface area contributed by atoms with Gasteiger partial charge in [-0.3, -0.25) is 0 Å². The Morgan fingerprint density at radius 3 is 2.95 bits per heavy atom. The summed E-state index contributed by atoms with van der Waals surface area (Å²) >= 11 is 0. The molecule has 2 amide bonds. The van der Waals surface area contributed by atoms with Gasteiger partial charge in [-0.25, -0.2) is 4.79 Å². The standard InChI is InChI=1S/C13H18N6O2/c1-9(6-7-20)14-13(21)15-11-4-3-5-12(8-11)19-10(2)16-17-18-19/h3-5,8-9,20H,6-7H2,1-2H3,(H2,14,15,21). The normalized spacial score (nSPS) is 12.0. The minimum atomic E-state index is -0.318. The van der Waals surface area contributed by atoms with Crippen molar-refractivity contribution in [3.8, 4) is 5.69 Å². The number of aliphatic hydroxyl groups is 1. The molecule has 8 heteroatoms. The second-order valence-electron chi connectivity index (χ2n) is 4.70. The van der Waals surface area contributed by atoms with Gasteiger partial charge in [0.25, 0.3) is 0 Å². The van der Waals surface area contributed by atoms with Crippen molar-refractivity contribution in [1.29, 1.82) is 0 Å². The first-order chi connectivity index (χ1) is 10.1. The first kappa shape index (κ1) is 14.9. The number of hydrogen-bond donors (Lipinski definition) is 3. The summed E-state index contributed by atoms with van der Waals surface area (Å²) in [4.78, 5) is 11.8. The second kappa shape index (κ2) is 6.80. The zero-order valence-electron chi connectivity index (χ0n) is 11.9. The Hall–Kier alpha value is -2.48. The van der Waals surface area contributed by atoms with Crippen LogP contribution in [0.15, 0.2) is 24.3 Å². The molecule has 0 aliphatic carbocycles. The van der Waals surface area contributed by atoms with E-state index in [0.717, 1.165) is 5.69 Å². The molecule has 0 saturated carbocycles. The highest BCUT2D eigenvalue weighted by Gasteiger charge is 2.08. The van der Waals surface area contributed by atoms with Crippen LogP contribution in [0.5, 0.6) is 0 Å². The average molecular weight is 290 g/mol. The molecule has 8 nitrogen and oxygen atoms in total. The number of urea groups is 1. The van der Waals surface area contributed by atoms with Crippen molar-refractivity contribution >= 4 is 11.7 Å². The third-order valence-corrected chi connectivity index (χ3v) is 2.91. The third-order valence-electron chi connectivity index (χ3n) is 2.91. The summed E-state index contributed by atoms with van der Waals surface area (Å²) in [6.07, 6.45) is 0.511. The number of benzene rings is 1. The molecule has 1 aromatic heterocycles. The fourth-order valence-electron chi connectivity index (χ4n) is 1.84. The second-order valence-corrected chi connectivity index (χ2v) is 4.70. The lowest BCUT2D eigenvalue weighted by Crippen LogP contribution is -2.36. The number of nitrogens with one attached hydrogen (secondary N) is 2. The van der Waals surface area contributed by atoms with Crippen LogP contribution in [0.25, 0.3) is 5.69 Å². The molecule has 1 unspecified atom stereocenters. The van der Waals surface area contributed by atoms with Crippen LogP contribution in [-0.4, -0.2) is 44.0 Å². The van der Waals surface area contributed by atoms with Gasteiger partial charge in [-0.2, -0.15) is 4.68 Å². The highest BCUT2D eigenvalue weighted by Crippen LogP contribution is 2.14.